The Morgan fingerprint density at radius 2 is 2.32 bits per heavy atom. The van der Waals surface area contributed by atoms with Crippen molar-refractivity contribution in [3.63, 3.8) is 0 Å². The molecule has 1 saturated carbocycles. The summed E-state index contributed by atoms with van der Waals surface area (Å²) >= 11 is 1.63. The van der Waals surface area contributed by atoms with Crippen molar-refractivity contribution in [3.8, 4) is 10.6 Å². The molecule has 0 unspecified atom stereocenters. The summed E-state index contributed by atoms with van der Waals surface area (Å²) < 4.78 is 26.1. The van der Waals surface area contributed by atoms with Gasteiger partial charge in [-0.25, -0.2) is 18.1 Å². The molecule has 7 heteroatoms. The second-order valence-corrected chi connectivity index (χ2v) is 7.59. The third kappa shape index (κ3) is 2.88. The fourth-order valence-corrected chi connectivity index (χ4v) is 4.08. The van der Waals surface area contributed by atoms with E-state index in [1.165, 1.54) is 0 Å². The molecule has 1 fully saturated rings. The lowest BCUT2D eigenvalue weighted by Crippen LogP contribution is -2.29. The Balaban J connectivity index is 1.63. The average molecular weight is 297 g/mol. The van der Waals surface area contributed by atoms with Crippen LogP contribution in [0.1, 0.15) is 18.5 Å². The second kappa shape index (κ2) is 5.07. The van der Waals surface area contributed by atoms with Crippen LogP contribution >= 0.6 is 11.3 Å². The Morgan fingerprint density at radius 1 is 1.47 bits per heavy atom. The smallest absolute Gasteiger partial charge is 0.214 e. The zero-order valence-electron chi connectivity index (χ0n) is 10.3. The van der Waals surface area contributed by atoms with Gasteiger partial charge >= 0.3 is 0 Å². The van der Waals surface area contributed by atoms with Gasteiger partial charge in [-0.1, -0.05) is 6.07 Å². The van der Waals surface area contributed by atoms with Crippen molar-refractivity contribution < 1.29 is 8.42 Å². The van der Waals surface area contributed by atoms with E-state index >= 15 is 0 Å². The van der Waals surface area contributed by atoms with E-state index in [-0.39, 0.29) is 5.25 Å². The van der Waals surface area contributed by atoms with Crippen LogP contribution in [0, 0.1) is 0 Å². The Kier molecular flexibility index (Phi) is 3.42. The average Bonchev–Trinajstić information content (AvgIpc) is 2.93. The minimum Gasteiger partial charge on any atom is -0.348 e. The third-order valence-electron chi connectivity index (χ3n) is 3.11. The molecule has 1 aliphatic carbocycles. The van der Waals surface area contributed by atoms with E-state index in [0.29, 0.717) is 13.0 Å². The van der Waals surface area contributed by atoms with E-state index in [2.05, 4.69) is 14.7 Å². The van der Waals surface area contributed by atoms with Crippen LogP contribution in [0.25, 0.3) is 10.6 Å². The molecule has 0 bridgehead atoms. The van der Waals surface area contributed by atoms with E-state index in [0.717, 1.165) is 29.1 Å². The van der Waals surface area contributed by atoms with Crippen LogP contribution < -0.4 is 4.72 Å². The number of aromatic nitrogens is 2. The van der Waals surface area contributed by atoms with Crippen molar-refractivity contribution in [1.29, 1.82) is 0 Å². The molecule has 0 aliphatic heterocycles. The molecule has 2 heterocycles. The third-order valence-corrected chi connectivity index (χ3v) is 5.95. The van der Waals surface area contributed by atoms with Gasteiger partial charge in [0.05, 0.1) is 16.5 Å². The summed E-state index contributed by atoms with van der Waals surface area (Å²) in [5.74, 6) is 0. The normalized spacial score (nSPS) is 15.8. The maximum atomic E-state index is 11.7. The summed E-state index contributed by atoms with van der Waals surface area (Å²) in [6.45, 7) is 0.416. The molecule has 2 aromatic rings. The summed E-state index contributed by atoms with van der Waals surface area (Å²) in [6, 6.07) is 3.99. The molecular formula is C12H15N3O2S2. The van der Waals surface area contributed by atoms with E-state index in [1.807, 2.05) is 17.5 Å². The van der Waals surface area contributed by atoms with Gasteiger partial charge in [0.15, 0.2) is 0 Å². The first kappa shape index (κ1) is 12.8. The summed E-state index contributed by atoms with van der Waals surface area (Å²) in [6.07, 6.45) is 3.86. The van der Waals surface area contributed by atoms with Gasteiger partial charge in [-0.05, 0) is 24.3 Å². The molecular weight excluding hydrogens is 282 g/mol. The predicted molar refractivity (Wildman–Crippen MR) is 75.5 cm³/mol. The van der Waals surface area contributed by atoms with Crippen LogP contribution in [0.3, 0.4) is 0 Å². The van der Waals surface area contributed by atoms with E-state index in [4.69, 9.17) is 0 Å². The van der Waals surface area contributed by atoms with Crippen molar-refractivity contribution in [2.45, 2.75) is 24.5 Å². The summed E-state index contributed by atoms with van der Waals surface area (Å²) in [5.41, 5.74) is 1.89. The minimum atomic E-state index is -3.09. The van der Waals surface area contributed by atoms with Gasteiger partial charge in [0.1, 0.15) is 5.69 Å². The summed E-state index contributed by atoms with van der Waals surface area (Å²) in [7, 11) is -3.09. The van der Waals surface area contributed by atoms with Gasteiger partial charge in [-0.15, -0.1) is 11.3 Å². The number of nitrogens with zero attached hydrogens (tertiary/aromatic N) is 1. The first-order chi connectivity index (χ1) is 9.17. The predicted octanol–water partition coefficient (Wildman–Crippen LogP) is 1.76. The number of H-pyrrole nitrogens is 1. The Morgan fingerprint density at radius 3 is 3.00 bits per heavy atom. The monoisotopic (exact) mass is 297 g/mol. The fourth-order valence-electron chi connectivity index (χ4n) is 1.95. The highest BCUT2D eigenvalue weighted by molar-refractivity contribution is 7.90. The maximum absolute atomic E-state index is 11.7. The fraction of sp³-hybridized carbons (Fsp3) is 0.417. The highest BCUT2D eigenvalue weighted by Gasteiger charge is 2.35. The zero-order chi connectivity index (χ0) is 13.3. The number of imidazole rings is 1. The Bertz CT molecular complexity index is 642. The maximum Gasteiger partial charge on any atom is 0.214 e. The molecule has 2 aromatic heterocycles. The quantitative estimate of drug-likeness (QED) is 0.853. The molecule has 0 aromatic carbocycles. The van der Waals surface area contributed by atoms with Crippen LogP contribution in [0.15, 0.2) is 23.8 Å². The SMILES string of the molecule is O=S(=O)(NCCc1[nH]cnc1-c1cccs1)C1CC1. The highest BCUT2D eigenvalue weighted by atomic mass is 32.2. The summed E-state index contributed by atoms with van der Waals surface area (Å²) in [4.78, 5) is 8.48. The highest BCUT2D eigenvalue weighted by Crippen LogP contribution is 2.28. The van der Waals surface area contributed by atoms with E-state index in [9.17, 15) is 8.42 Å². The summed E-state index contributed by atoms with van der Waals surface area (Å²) in [5, 5.41) is 1.84. The number of sulfonamides is 1. The number of hydrogen-bond acceptors (Lipinski definition) is 4. The van der Waals surface area contributed by atoms with E-state index < -0.39 is 10.0 Å². The second-order valence-electron chi connectivity index (χ2n) is 4.60. The number of nitrogens with one attached hydrogen (secondary N) is 2. The number of thiophene rings is 1. The Hall–Kier alpha value is -1.18. The van der Waals surface area contributed by atoms with Gasteiger partial charge in [-0.2, -0.15) is 0 Å². The van der Waals surface area contributed by atoms with Crippen LogP contribution in [0.2, 0.25) is 0 Å². The zero-order valence-corrected chi connectivity index (χ0v) is 11.9. The number of rotatable bonds is 6. The number of hydrogen-bond donors (Lipinski definition) is 2. The molecule has 0 spiro atoms. The van der Waals surface area contributed by atoms with Gasteiger partial charge in [0.25, 0.3) is 0 Å². The molecule has 2 N–H and O–H groups in total. The topological polar surface area (TPSA) is 74.8 Å². The van der Waals surface area contributed by atoms with Crippen molar-refractivity contribution in [2.24, 2.45) is 0 Å². The minimum absolute atomic E-state index is 0.161. The lowest BCUT2D eigenvalue weighted by atomic mass is 10.2. The molecule has 5 nitrogen and oxygen atoms in total. The largest absolute Gasteiger partial charge is 0.348 e. The van der Waals surface area contributed by atoms with Crippen LogP contribution in [-0.2, 0) is 16.4 Å². The molecule has 19 heavy (non-hydrogen) atoms. The molecule has 1 aliphatic rings. The number of aromatic amines is 1. The van der Waals surface area contributed by atoms with Crippen molar-refractivity contribution in [1.82, 2.24) is 14.7 Å². The van der Waals surface area contributed by atoms with Crippen LogP contribution in [0.5, 0.6) is 0 Å². The molecule has 102 valence electrons. The Labute approximate surface area is 116 Å². The standard InChI is InChI=1S/C12H15N3O2S2/c16-19(17,9-3-4-9)15-6-5-10-12(14-8-13-10)11-2-1-7-18-11/h1-2,7-9,15H,3-6H2,(H,13,14). The van der Waals surface area contributed by atoms with Crippen molar-refractivity contribution in [2.75, 3.05) is 6.54 Å². The first-order valence-electron chi connectivity index (χ1n) is 6.21. The van der Waals surface area contributed by atoms with Crippen molar-refractivity contribution in [3.05, 3.63) is 29.5 Å². The van der Waals surface area contributed by atoms with E-state index in [1.54, 1.807) is 17.7 Å². The molecule has 0 amide bonds. The molecule has 0 atom stereocenters. The van der Waals surface area contributed by atoms with Gasteiger partial charge < -0.3 is 4.98 Å². The first-order valence-corrected chi connectivity index (χ1v) is 8.64. The lowest BCUT2D eigenvalue weighted by molar-refractivity contribution is 0.580. The van der Waals surface area contributed by atoms with Gasteiger partial charge in [0, 0.05) is 18.7 Å². The van der Waals surface area contributed by atoms with Gasteiger partial charge in [-0.3, -0.25) is 0 Å². The molecule has 3 rings (SSSR count). The lowest BCUT2D eigenvalue weighted by Gasteiger charge is -2.05. The van der Waals surface area contributed by atoms with Crippen LogP contribution in [0.4, 0.5) is 0 Å². The van der Waals surface area contributed by atoms with Crippen LogP contribution in [-0.4, -0.2) is 30.2 Å². The molecule has 0 radical (unpaired) electrons. The van der Waals surface area contributed by atoms with Crippen molar-refractivity contribution >= 4 is 21.4 Å². The van der Waals surface area contributed by atoms with Gasteiger partial charge in [0.2, 0.25) is 10.0 Å². The molecule has 0 saturated heterocycles.